The molecule has 6 nitrogen and oxygen atoms in total. The zero-order valence-electron chi connectivity index (χ0n) is 15.5. The molecule has 0 spiro atoms. The van der Waals surface area contributed by atoms with E-state index >= 15 is 0 Å². The van der Waals surface area contributed by atoms with Crippen molar-refractivity contribution in [3.8, 4) is 0 Å². The first-order chi connectivity index (χ1) is 13.2. The first-order valence-electron chi connectivity index (χ1n) is 9.19. The minimum Gasteiger partial charge on any atom is -0.342 e. The average Bonchev–Trinajstić information content (AvgIpc) is 2.94. The Morgan fingerprint density at radius 1 is 1.14 bits per heavy atom. The van der Waals surface area contributed by atoms with Gasteiger partial charge in [0, 0.05) is 19.1 Å². The van der Waals surface area contributed by atoms with Crippen molar-refractivity contribution in [2.45, 2.75) is 37.9 Å². The number of halogens is 3. The SMILES string of the molecule is CC(C(=O)N1CCC(N2CC(=O)N(CC(F)(F)F)C2=O)CC1)c1ccccc1. The van der Waals surface area contributed by atoms with E-state index in [1.165, 1.54) is 4.90 Å². The van der Waals surface area contributed by atoms with Gasteiger partial charge >= 0.3 is 12.2 Å². The van der Waals surface area contributed by atoms with E-state index in [0.717, 1.165) is 5.56 Å². The topological polar surface area (TPSA) is 60.9 Å². The van der Waals surface area contributed by atoms with Gasteiger partial charge in [-0.3, -0.25) is 14.5 Å². The Morgan fingerprint density at radius 2 is 1.75 bits per heavy atom. The van der Waals surface area contributed by atoms with E-state index in [-0.39, 0.29) is 29.3 Å². The number of hydrogen-bond acceptors (Lipinski definition) is 3. The van der Waals surface area contributed by atoms with E-state index in [0.29, 0.717) is 25.9 Å². The summed E-state index contributed by atoms with van der Waals surface area (Å²) in [6.07, 6.45) is -3.75. The summed E-state index contributed by atoms with van der Waals surface area (Å²) in [6.45, 7) is 0.734. The van der Waals surface area contributed by atoms with Crippen LogP contribution in [0.15, 0.2) is 30.3 Å². The quantitative estimate of drug-likeness (QED) is 0.734. The molecule has 2 heterocycles. The van der Waals surface area contributed by atoms with Crippen molar-refractivity contribution in [3.05, 3.63) is 35.9 Å². The highest BCUT2D eigenvalue weighted by molar-refractivity contribution is 6.02. The van der Waals surface area contributed by atoms with Crippen LogP contribution in [0, 0.1) is 0 Å². The van der Waals surface area contributed by atoms with Gasteiger partial charge in [-0.2, -0.15) is 13.2 Å². The van der Waals surface area contributed by atoms with E-state index in [1.807, 2.05) is 37.3 Å². The van der Waals surface area contributed by atoms with Crippen LogP contribution in [0.4, 0.5) is 18.0 Å². The van der Waals surface area contributed by atoms with Crippen molar-refractivity contribution in [1.82, 2.24) is 14.7 Å². The number of piperidine rings is 1. The first kappa shape index (κ1) is 20.2. The second kappa shape index (κ2) is 7.81. The van der Waals surface area contributed by atoms with Crippen molar-refractivity contribution in [3.63, 3.8) is 0 Å². The number of hydrogen-bond donors (Lipinski definition) is 0. The number of nitrogens with zero attached hydrogens (tertiary/aromatic N) is 3. The Balaban J connectivity index is 1.57. The molecule has 0 saturated carbocycles. The number of likely N-dealkylation sites (tertiary alicyclic amines) is 1. The number of rotatable bonds is 4. The molecule has 152 valence electrons. The van der Waals surface area contributed by atoms with Gasteiger partial charge in [-0.1, -0.05) is 30.3 Å². The number of alkyl halides is 3. The molecule has 1 unspecified atom stereocenters. The van der Waals surface area contributed by atoms with E-state index in [2.05, 4.69) is 0 Å². The highest BCUT2D eigenvalue weighted by atomic mass is 19.4. The lowest BCUT2D eigenvalue weighted by Crippen LogP contribution is -2.49. The highest BCUT2D eigenvalue weighted by Crippen LogP contribution is 2.27. The molecule has 0 radical (unpaired) electrons. The van der Waals surface area contributed by atoms with Gasteiger partial charge in [0.15, 0.2) is 0 Å². The molecule has 2 saturated heterocycles. The number of amides is 4. The predicted molar refractivity (Wildman–Crippen MR) is 94.3 cm³/mol. The van der Waals surface area contributed by atoms with Gasteiger partial charge in [0.05, 0.1) is 5.92 Å². The molecule has 1 aromatic rings. The largest absolute Gasteiger partial charge is 0.406 e. The Bertz CT molecular complexity index is 746. The number of imide groups is 1. The van der Waals surface area contributed by atoms with Crippen LogP contribution in [-0.4, -0.2) is 70.9 Å². The number of carbonyl (C=O) groups is 3. The summed E-state index contributed by atoms with van der Waals surface area (Å²) >= 11 is 0. The van der Waals surface area contributed by atoms with Crippen LogP contribution in [0.5, 0.6) is 0 Å². The Hall–Kier alpha value is -2.58. The summed E-state index contributed by atoms with van der Waals surface area (Å²) in [4.78, 5) is 40.0. The number of urea groups is 1. The van der Waals surface area contributed by atoms with Crippen LogP contribution in [-0.2, 0) is 9.59 Å². The van der Waals surface area contributed by atoms with Gasteiger partial charge in [0.25, 0.3) is 5.91 Å². The summed E-state index contributed by atoms with van der Waals surface area (Å²) in [7, 11) is 0. The molecule has 0 aromatic heterocycles. The maximum Gasteiger partial charge on any atom is 0.406 e. The lowest BCUT2D eigenvalue weighted by Gasteiger charge is -2.37. The number of benzene rings is 1. The van der Waals surface area contributed by atoms with Gasteiger partial charge in [-0.15, -0.1) is 0 Å². The van der Waals surface area contributed by atoms with Crippen LogP contribution < -0.4 is 0 Å². The molecule has 0 bridgehead atoms. The van der Waals surface area contributed by atoms with Gasteiger partial charge in [0.2, 0.25) is 5.91 Å². The summed E-state index contributed by atoms with van der Waals surface area (Å²) in [6, 6.07) is 8.15. The minimum absolute atomic E-state index is 0.0211. The zero-order chi connectivity index (χ0) is 20.5. The summed E-state index contributed by atoms with van der Waals surface area (Å²) in [5.41, 5.74) is 0.915. The second-order valence-corrected chi connectivity index (χ2v) is 7.19. The van der Waals surface area contributed by atoms with Crippen molar-refractivity contribution in [2.24, 2.45) is 0 Å². The molecule has 1 aromatic carbocycles. The molecular formula is C19H22F3N3O3. The van der Waals surface area contributed by atoms with Gasteiger partial charge in [0.1, 0.15) is 13.1 Å². The minimum atomic E-state index is -4.62. The molecule has 2 aliphatic rings. The molecule has 0 aliphatic carbocycles. The number of carbonyl (C=O) groups excluding carboxylic acids is 3. The molecule has 0 N–H and O–H groups in total. The van der Waals surface area contributed by atoms with Crippen LogP contribution in [0.3, 0.4) is 0 Å². The normalized spacial score (nSPS) is 20.1. The lowest BCUT2D eigenvalue weighted by molar-refractivity contribution is -0.151. The second-order valence-electron chi connectivity index (χ2n) is 7.19. The van der Waals surface area contributed by atoms with Crippen molar-refractivity contribution in [1.29, 1.82) is 0 Å². The third-order valence-corrected chi connectivity index (χ3v) is 5.31. The van der Waals surface area contributed by atoms with Crippen LogP contribution >= 0.6 is 0 Å². The lowest BCUT2D eigenvalue weighted by atomic mass is 9.97. The smallest absolute Gasteiger partial charge is 0.342 e. The fraction of sp³-hybridized carbons (Fsp3) is 0.526. The monoisotopic (exact) mass is 397 g/mol. The van der Waals surface area contributed by atoms with E-state index in [4.69, 9.17) is 0 Å². The van der Waals surface area contributed by atoms with E-state index in [9.17, 15) is 27.6 Å². The van der Waals surface area contributed by atoms with Crippen LogP contribution in [0.1, 0.15) is 31.2 Å². The molecule has 4 amide bonds. The Labute approximate surface area is 160 Å². The van der Waals surface area contributed by atoms with Gasteiger partial charge in [-0.05, 0) is 25.3 Å². The maximum atomic E-state index is 12.7. The fourth-order valence-electron chi connectivity index (χ4n) is 3.74. The van der Waals surface area contributed by atoms with Crippen LogP contribution in [0.2, 0.25) is 0 Å². The summed E-state index contributed by atoms with van der Waals surface area (Å²) in [5.74, 6) is -1.15. The third-order valence-electron chi connectivity index (χ3n) is 5.31. The van der Waals surface area contributed by atoms with Crippen molar-refractivity contribution >= 4 is 17.8 Å². The first-order valence-corrected chi connectivity index (χ1v) is 9.19. The Kier molecular flexibility index (Phi) is 5.62. The van der Waals surface area contributed by atoms with Gasteiger partial charge < -0.3 is 9.80 Å². The van der Waals surface area contributed by atoms with Crippen LogP contribution in [0.25, 0.3) is 0 Å². The van der Waals surface area contributed by atoms with E-state index in [1.54, 1.807) is 4.90 Å². The zero-order valence-corrected chi connectivity index (χ0v) is 15.5. The average molecular weight is 397 g/mol. The molecule has 28 heavy (non-hydrogen) atoms. The van der Waals surface area contributed by atoms with E-state index < -0.39 is 24.7 Å². The molecular weight excluding hydrogens is 375 g/mol. The van der Waals surface area contributed by atoms with Gasteiger partial charge in [-0.25, -0.2) is 4.79 Å². The predicted octanol–water partition coefficient (Wildman–Crippen LogP) is 2.61. The molecule has 1 atom stereocenters. The molecule has 9 heteroatoms. The van der Waals surface area contributed by atoms with Crippen molar-refractivity contribution < 1.29 is 27.6 Å². The summed E-state index contributed by atoms with van der Waals surface area (Å²) < 4.78 is 37.7. The Morgan fingerprint density at radius 3 is 2.32 bits per heavy atom. The standard InChI is InChI=1S/C19H22F3N3O3/c1-13(14-5-3-2-4-6-14)17(27)23-9-7-15(8-10-23)24-11-16(26)25(18(24)28)12-19(20,21)22/h2-6,13,15H,7-12H2,1H3. The summed E-state index contributed by atoms with van der Waals surface area (Å²) in [5, 5.41) is 0. The third kappa shape index (κ3) is 4.28. The van der Waals surface area contributed by atoms with Crippen molar-refractivity contribution in [2.75, 3.05) is 26.2 Å². The molecule has 2 fully saturated rings. The molecule has 3 rings (SSSR count). The molecule has 2 aliphatic heterocycles. The maximum absolute atomic E-state index is 12.7. The highest BCUT2D eigenvalue weighted by Gasteiger charge is 2.45. The fourth-order valence-corrected chi connectivity index (χ4v) is 3.74.